The summed E-state index contributed by atoms with van der Waals surface area (Å²) < 4.78 is 17.3. The van der Waals surface area contributed by atoms with Crippen molar-refractivity contribution in [2.45, 2.75) is 45.1 Å². The summed E-state index contributed by atoms with van der Waals surface area (Å²) in [5.41, 5.74) is 3.63. The molecule has 0 aromatic heterocycles. The average Bonchev–Trinajstić information content (AvgIpc) is 3.11. The number of methoxy groups -OCH3 is 1. The third kappa shape index (κ3) is 8.58. The summed E-state index contributed by atoms with van der Waals surface area (Å²) in [5, 5.41) is 14.2. The number of aromatic hydroxyl groups is 1. The summed E-state index contributed by atoms with van der Waals surface area (Å²) in [6, 6.07) is 25.1. The monoisotopic (exact) mass is 776 g/mol. The van der Waals surface area contributed by atoms with Gasteiger partial charge in [-0.3, -0.25) is 14.5 Å². The molecule has 254 valence electrons. The molecule has 4 bridgehead atoms. The Labute approximate surface area is 298 Å². The number of ether oxygens (including phenoxy) is 3. The Hall–Kier alpha value is -4.91. The molecule has 2 amide bonds. The van der Waals surface area contributed by atoms with Gasteiger partial charge in [0, 0.05) is 36.9 Å². The molecule has 4 aromatic rings. The first kappa shape index (κ1) is 35.4. The van der Waals surface area contributed by atoms with Crippen molar-refractivity contribution in [3.8, 4) is 22.6 Å². The van der Waals surface area contributed by atoms with Crippen LogP contribution >= 0.6 is 22.6 Å². The van der Waals surface area contributed by atoms with E-state index in [1.165, 1.54) is 19.1 Å². The molecule has 0 fully saturated rings. The van der Waals surface area contributed by atoms with Gasteiger partial charge in [0.15, 0.2) is 5.78 Å². The molecule has 0 radical (unpaired) electrons. The van der Waals surface area contributed by atoms with Crippen LogP contribution in [0.2, 0.25) is 0 Å². The minimum Gasteiger partial charge on any atom is -0.506 e. The fraction of sp³-hybridized carbons (Fsp3) is 0.263. The number of hydrogen-bond donors (Lipinski definition) is 2. The number of fused-ring (bicyclic) bond motifs is 5. The van der Waals surface area contributed by atoms with Gasteiger partial charge in [-0.15, -0.1) is 0 Å². The van der Waals surface area contributed by atoms with Crippen LogP contribution in [0.5, 0.6) is 11.5 Å². The standard InChI is InChI=1S/C38H37IN2O8/c1-23-16-32(42)34(41(2)38(46)49-22-25-12-8-5-9-13-25)27-19-29(35(43)30(39)20-27)28-17-26(18-31(37(45)47-3)40-36(23)44)14-15-33(28)48-21-24-10-6-4-7-11-24/h4-15,17,19-20,23,31,34,43H,16,18,21-22H2,1-3H3,(H,40,44)/t23-,31+,34+/m1/s1. The van der Waals surface area contributed by atoms with E-state index in [2.05, 4.69) is 5.32 Å². The molecule has 5 rings (SSSR count). The Morgan fingerprint density at radius 3 is 2.20 bits per heavy atom. The molecule has 0 saturated heterocycles. The minimum atomic E-state index is -1.18. The molecule has 3 atom stereocenters. The molecule has 49 heavy (non-hydrogen) atoms. The molecule has 0 aliphatic carbocycles. The van der Waals surface area contributed by atoms with Crippen LogP contribution in [0.25, 0.3) is 11.1 Å². The average molecular weight is 777 g/mol. The lowest BCUT2D eigenvalue weighted by molar-refractivity contribution is -0.145. The highest BCUT2D eigenvalue weighted by Gasteiger charge is 2.34. The summed E-state index contributed by atoms with van der Waals surface area (Å²) in [6.45, 7) is 1.81. The van der Waals surface area contributed by atoms with Crippen LogP contribution in [-0.4, -0.2) is 54.0 Å². The number of Topliss-reactive ketones (excluding diaryl/α,β-unsaturated/α-hetero) is 1. The first-order valence-corrected chi connectivity index (χ1v) is 16.8. The molecule has 0 unspecified atom stereocenters. The van der Waals surface area contributed by atoms with E-state index < -0.39 is 41.8 Å². The molecule has 0 spiro atoms. The highest BCUT2D eigenvalue weighted by molar-refractivity contribution is 14.1. The van der Waals surface area contributed by atoms with Gasteiger partial charge in [-0.05, 0) is 69.1 Å². The van der Waals surface area contributed by atoms with Crippen LogP contribution in [0.4, 0.5) is 4.79 Å². The Kier molecular flexibility index (Phi) is 11.6. The number of hydrogen-bond acceptors (Lipinski definition) is 8. The topological polar surface area (TPSA) is 131 Å². The van der Waals surface area contributed by atoms with Crippen LogP contribution in [0, 0.1) is 9.49 Å². The normalized spacial score (nSPS) is 17.7. The molecular formula is C38H37IN2O8. The predicted molar refractivity (Wildman–Crippen MR) is 191 cm³/mol. The van der Waals surface area contributed by atoms with Crippen molar-refractivity contribution in [1.29, 1.82) is 0 Å². The van der Waals surface area contributed by atoms with E-state index in [1.807, 2.05) is 83.3 Å². The minimum absolute atomic E-state index is 0.00802. The summed E-state index contributed by atoms with van der Waals surface area (Å²) in [4.78, 5) is 55.0. The smallest absolute Gasteiger partial charge is 0.410 e. The number of ketones is 1. The van der Waals surface area contributed by atoms with Crippen molar-refractivity contribution in [2.24, 2.45) is 5.92 Å². The number of likely N-dealkylation sites (N-methyl/N-ethyl adjacent to an activating group) is 1. The number of carbonyl (C=O) groups excluding carboxylic acids is 4. The number of nitrogens with zero attached hydrogens (tertiary/aromatic N) is 1. The highest BCUT2D eigenvalue weighted by Crippen LogP contribution is 2.42. The van der Waals surface area contributed by atoms with Crippen LogP contribution in [-0.2, 0) is 43.5 Å². The van der Waals surface area contributed by atoms with Crippen LogP contribution < -0.4 is 10.1 Å². The Morgan fingerprint density at radius 2 is 1.55 bits per heavy atom. The van der Waals surface area contributed by atoms with Crippen molar-refractivity contribution in [1.82, 2.24) is 10.2 Å². The number of esters is 1. The molecule has 11 heteroatoms. The maximum atomic E-state index is 14.1. The van der Waals surface area contributed by atoms with E-state index in [-0.39, 0.29) is 31.8 Å². The Morgan fingerprint density at radius 1 is 0.898 bits per heavy atom. The van der Waals surface area contributed by atoms with Crippen molar-refractivity contribution in [3.63, 3.8) is 0 Å². The predicted octanol–water partition coefficient (Wildman–Crippen LogP) is 6.36. The molecule has 1 aliphatic rings. The Bertz CT molecular complexity index is 1830. The van der Waals surface area contributed by atoms with E-state index in [9.17, 15) is 24.3 Å². The van der Waals surface area contributed by atoms with Crippen molar-refractivity contribution in [3.05, 3.63) is 117 Å². The number of phenols is 1. The second-order valence-electron chi connectivity index (χ2n) is 11.9. The van der Waals surface area contributed by atoms with Crippen LogP contribution in [0.3, 0.4) is 0 Å². The fourth-order valence-corrected chi connectivity index (χ4v) is 6.35. The highest BCUT2D eigenvalue weighted by atomic mass is 127. The first-order valence-electron chi connectivity index (χ1n) is 15.7. The lowest BCUT2D eigenvalue weighted by Gasteiger charge is -2.29. The summed E-state index contributed by atoms with van der Waals surface area (Å²) in [7, 11) is 2.70. The fourth-order valence-electron chi connectivity index (χ4n) is 5.70. The number of benzene rings is 4. The summed E-state index contributed by atoms with van der Waals surface area (Å²) in [5.74, 6) is -2.06. The van der Waals surface area contributed by atoms with Crippen molar-refractivity contribution >= 4 is 46.3 Å². The van der Waals surface area contributed by atoms with E-state index in [0.29, 0.717) is 31.6 Å². The molecule has 0 saturated carbocycles. The quantitative estimate of drug-likeness (QED) is 0.164. The van der Waals surface area contributed by atoms with Crippen molar-refractivity contribution in [2.75, 3.05) is 14.2 Å². The zero-order valence-electron chi connectivity index (χ0n) is 27.4. The molecular weight excluding hydrogens is 739 g/mol. The lowest BCUT2D eigenvalue weighted by Crippen LogP contribution is -2.46. The van der Waals surface area contributed by atoms with Gasteiger partial charge in [-0.25, -0.2) is 9.59 Å². The summed E-state index contributed by atoms with van der Waals surface area (Å²) in [6.07, 6.45) is -0.907. The zero-order chi connectivity index (χ0) is 35.1. The van der Waals surface area contributed by atoms with Gasteiger partial charge < -0.3 is 24.6 Å². The molecule has 4 aromatic carbocycles. The number of rotatable bonds is 7. The van der Waals surface area contributed by atoms with E-state index >= 15 is 0 Å². The van der Waals surface area contributed by atoms with Crippen molar-refractivity contribution < 1.29 is 38.5 Å². The van der Waals surface area contributed by atoms with Gasteiger partial charge in [-0.1, -0.05) is 73.7 Å². The third-order valence-electron chi connectivity index (χ3n) is 8.36. The SMILES string of the molecule is COC(=O)[C@@H]1Cc2ccc(OCc3ccccc3)c(c2)-c2cc(cc(I)c2O)[C@H](N(C)C(=O)OCc2ccccc2)C(=O)C[C@@H](C)C(=O)N1. The lowest BCUT2D eigenvalue weighted by atomic mass is 9.90. The zero-order valence-corrected chi connectivity index (χ0v) is 29.5. The van der Waals surface area contributed by atoms with Gasteiger partial charge in [0.05, 0.1) is 10.7 Å². The summed E-state index contributed by atoms with van der Waals surface area (Å²) >= 11 is 1.99. The number of carbonyl (C=O) groups is 4. The van der Waals surface area contributed by atoms with E-state index in [0.717, 1.165) is 11.1 Å². The Balaban J connectivity index is 1.62. The van der Waals surface area contributed by atoms with Gasteiger partial charge in [-0.2, -0.15) is 0 Å². The third-order valence-corrected chi connectivity index (χ3v) is 9.18. The first-order chi connectivity index (χ1) is 23.5. The second-order valence-corrected chi connectivity index (χ2v) is 13.1. The number of halogens is 1. The van der Waals surface area contributed by atoms with Gasteiger partial charge in [0.1, 0.15) is 36.8 Å². The van der Waals surface area contributed by atoms with Gasteiger partial charge in [0.25, 0.3) is 0 Å². The number of nitrogens with one attached hydrogen (secondary N) is 1. The number of amides is 2. The second kappa shape index (κ2) is 16.0. The van der Waals surface area contributed by atoms with E-state index in [1.54, 1.807) is 37.3 Å². The molecule has 2 N–H and O–H groups in total. The maximum absolute atomic E-state index is 14.1. The molecule has 1 heterocycles. The van der Waals surface area contributed by atoms with Gasteiger partial charge in [0.2, 0.25) is 5.91 Å². The van der Waals surface area contributed by atoms with E-state index in [4.69, 9.17) is 14.2 Å². The van der Waals surface area contributed by atoms with Crippen LogP contribution in [0.15, 0.2) is 91.0 Å². The largest absolute Gasteiger partial charge is 0.506 e. The molecule has 1 aliphatic heterocycles. The maximum Gasteiger partial charge on any atom is 0.410 e. The van der Waals surface area contributed by atoms with Gasteiger partial charge >= 0.3 is 12.1 Å². The van der Waals surface area contributed by atoms with Crippen LogP contribution in [0.1, 0.15) is 41.6 Å². The molecule has 10 nitrogen and oxygen atoms in total. The number of phenolic OH excluding ortho intramolecular Hbond substituents is 1.